The van der Waals surface area contributed by atoms with Gasteiger partial charge in [-0.15, -0.1) is 0 Å². The number of nitrogens with zero attached hydrogens (tertiary/aromatic N) is 3. The zero-order valence-corrected chi connectivity index (χ0v) is 16.6. The van der Waals surface area contributed by atoms with Gasteiger partial charge in [-0.05, 0) is 54.4 Å². The number of aromatic nitrogens is 2. The molecule has 9 heteroatoms. The summed E-state index contributed by atoms with van der Waals surface area (Å²) < 4.78 is 43.9. The molecular weight excluding hydrogens is 426 g/mol. The minimum Gasteiger partial charge on any atom is -0.374 e. The fraction of sp³-hybridized carbons (Fsp3) is 0.200. The highest BCUT2D eigenvalue weighted by Crippen LogP contribution is 2.49. The summed E-state index contributed by atoms with van der Waals surface area (Å²) in [7, 11) is 0. The SMILES string of the molecule is Cc1cc(C2=NOC(c3cc(Cl)cc(Cl)c3)(C(F)(F)F)C2)ccc1-n1cccn1. The number of aryl methyl sites for hydroxylation is 1. The highest BCUT2D eigenvalue weighted by atomic mass is 35.5. The van der Waals surface area contributed by atoms with Crippen LogP contribution in [0.15, 0.2) is 60.0 Å². The molecule has 1 atom stereocenters. The van der Waals surface area contributed by atoms with Gasteiger partial charge in [0.2, 0.25) is 0 Å². The lowest BCUT2D eigenvalue weighted by atomic mass is 9.86. The van der Waals surface area contributed by atoms with Gasteiger partial charge in [0.1, 0.15) is 0 Å². The minimum atomic E-state index is -4.73. The van der Waals surface area contributed by atoms with Crippen LogP contribution in [0.4, 0.5) is 13.2 Å². The average molecular weight is 440 g/mol. The van der Waals surface area contributed by atoms with Crippen LogP contribution in [0.5, 0.6) is 0 Å². The van der Waals surface area contributed by atoms with Crippen molar-refractivity contribution in [3.05, 3.63) is 81.6 Å². The molecule has 1 unspecified atom stereocenters. The summed E-state index contributed by atoms with van der Waals surface area (Å²) in [6, 6.07) is 10.8. The predicted octanol–water partition coefficient (Wildman–Crippen LogP) is 6.07. The number of halogens is 5. The molecule has 0 radical (unpaired) electrons. The molecule has 1 aliphatic heterocycles. The quantitative estimate of drug-likeness (QED) is 0.496. The van der Waals surface area contributed by atoms with Gasteiger partial charge in [0.05, 0.1) is 11.4 Å². The van der Waals surface area contributed by atoms with Crippen molar-refractivity contribution in [3.63, 3.8) is 0 Å². The first-order valence-corrected chi connectivity index (χ1v) is 9.35. The van der Waals surface area contributed by atoms with Crippen molar-refractivity contribution >= 4 is 28.9 Å². The molecule has 29 heavy (non-hydrogen) atoms. The highest BCUT2D eigenvalue weighted by Gasteiger charge is 2.62. The largest absolute Gasteiger partial charge is 0.435 e. The monoisotopic (exact) mass is 439 g/mol. The molecule has 0 saturated carbocycles. The number of benzene rings is 2. The number of oxime groups is 1. The van der Waals surface area contributed by atoms with Crippen LogP contribution in [-0.2, 0) is 10.4 Å². The Bertz CT molecular complexity index is 1080. The predicted molar refractivity (Wildman–Crippen MR) is 105 cm³/mol. The van der Waals surface area contributed by atoms with Gasteiger partial charge in [-0.2, -0.15) is 18.3 Å². The maximum atomic E-state index is 14.1. The van der Waals surface area contributed by atoms with Crippen LogP contribution >= 0.6 is 23.2 Å². The third kappa shape index (κ3) is 3.49. The summed E-state index contributed by atoms with van der Waals surface area (Å²) >= 11 is 11.9. The van der Waals surface area contributed by atoms with Crippen LogP contribution in [0.3, 0.4) is 0 Å². The molecule has 0 fully saturated rings. The number of alkyl halides is 3. The molecule has 0 saturated heterocycles. The molecule has 0 amide bonds. The van der Waals surface area contributed by atoms with Crippen LogP contribution in [0.2, 0.25) is 10.0 Å². The summed E-state index contributed by atoms with van der Waals surface area (Å²) in [4.78, 5) is 5.04. The van der Waals surface area contributed by atoms with Crippen LogP contribution in [0.1, 0.15) is 23.1 Å². The van der Waals surface area contributed by atoms with E-state index in [1.54, 1.807) is 41.3 Å². The van der Waals surface area contributed by atoms with Gasteiger partial charge in [0.25, 0.3) is 5.60 Å². The molecule has 4 rings (SSSR count). The molecule has 0 aliphatic carbocycles. The van der Waals surface area contributed by atoms with E-state index in [4.69, 9.17) is 28.0 Å². The molecule has 1 aliphatic rings. The second-order valence-corrected chi connectivity index (χ2v) is 7.61. The van der Waals surface area contributed by atoms with Crippen LogP contribution in [0.25, 0.3) is 5.69 Å². The second-order valence-electron chi connectivity index (χ2n) is 6.74. The lowest BCUT2D eigenvalue weighted by Crippen LogP contribution is -2.42. The van der Waals surface area contributed by atoms with E-state index in [9.17, 15) is 13.2 Å². The van der Waals surface area contributed by atoms with Gasteiger partial charge < -0.3 is 4.84 Å². The van der Waals surface area contributed by atoms with Gasteiger partial charge in [0, 0.05) is 34.4 Å². The molecule has 2 heterocycles. The number of hydrogen-bond acceptors (Lipinski definition) is 3. The van der Waals surface area contributed by atoms with E-state index in [0.717, 1.165) is 11.3 Å². The van der Waals surface area contributed by atoms with Gasteiger partial charge in [0.15, 0.2) is 0 Å². The Kier molecular flexibility index (Phi) is 4.83. The van der Waals surface area contributed by atoms with Crippen molar-refractivity contribution in [2.75, 3.05) is 0 Å². The van der Waals surface area contributed by atoms with E-state index >= 15 is 0 Å². The summed E-state index contributed by atoms with van der Waals surface area (Å²) in [6.07, 6.45) is -1.78. The first-order chi connectivity index (χ1) is 13.7. The summed E-state index contributed by atoms with van der Waals surface area (Å²) in [6.45, 7) is 1.85. The Hall–Kier alpha value is -2.51. The Morgan fingerprint density at radius 3 is 2.41 bits per heavy atom. The Labute approximate surface area is 174 Å². The van der Waals surface area contributed by atoms with Gasteiger partial charge in [-0.1, -0.05) is 34.4 Å². The fourth-order valence-electron chi connectivity index (χ4n) is 3.35. The molecule has 0 bridgehead atoms. The van der Waals surface area contributed by atoms with E-state index in [-0.39, 0.29) is 21.3 Å². The fourth-order valence-corrected chi connectivity index (χ4v) is 3.87. The Balaban J connectivity index is 1.71. The van der Waals surface area contributed by atoms with Gasteiger partial charge in [-0.25, -0.2) is 4.68 Å². The zero-order valence-electron chi connectivity index (χ0n) is 15.0. The molecule has 2 aromatic carbocycles. The summed E-state index contributed by atoms with van der Waals surface area (Å²) in [5.41, 5.74) is -0.450. The summed E-state index contributed by atoms with van der Waals surface area (Å²) in [5.74, 6) is 0. The maximum absolute atomic E-state index is 14.1. The van der Waals surface area contributed by atoms with Crippen LogP contribution < -0.4 is 0 Å². The van der Waals surface area contributed by atoms with Crippen molar-refractivity contribution < 1.29 is 18.0 Å². The first kappa shape index (κ1) is 19.8. The van der Waals surface area contributed by atoms with Crippen molar-refractivity contribution in [2.24, 2.45) is 5.16 Å². The topological polar surface area (TPSA) is 39.4 Å². The number of hydrogen-bond donors (Lipinski definition) is 0. The van der Waals surface area contributed by atoms with Crippen molar-refractivity contribution in [1.82, 2.24) is 9.78 Å². The Morgan fingerprint density at radius 1 is 1.10 bits per heavy atom. The molecule has 3 aromatic rings. The molecule has 0 spiro atoms. The standard InChI is InChI=1S/C20H14Cl2F3N3O/c1-12-7-13(3-4-18(12)28-6-2-5-26-28)17-11-19(29-27-17,20(23,24)25)14-8-15(21)10-16(22)9-14/h2-10H,11H2,1H3. The summed E-state index contributed by atoms with van der Waals surface area (Å²) in [5, 5.41) is 8.14. The van der Waals surface area contributed by atoms with Crippen molar-refractivity contribution in [3.8, 4) is 5.69 Å². The normalized spacial score (nSPS) is 19.2. The smallest absolute Gasteiger partial charge is 0.374 e. The number of rotatable bonds is 3. The van der Waals surface area contributed by atoms with Gasteiger partial charge >= 0.3 is 6.18 Å². The van der Waals surface area contributed by atoms with E-state index in [1.807, 2.05) is 6.92 Å². The molecule has 150 valence electrons. The van der Waals surface area contributed by atoms with E-state index < -0.39 is 18.2 Å². The molecule has 1 aromatic heterocycles. The first-order valence-electron chi connectivity index (χ1n) is 8.59. The minimum absolute atomic E-state index is 0.0904. The van der Waals surface area contributed by atoms with Crippen molar-refractivity contribution in [2.45, 2.75) is 25.1 Å². The third-order valence-electron chi connectivity index (χ3n) is 4.80. The zero-order chi connectivity index (χ0) is 20.8. The second kappa shape index (κ2) is 7.07. The lowest BCUT2D eigenvalue weighted by molar-refractivity contribution is -0.275. The van der Waals surface area contributed by atoms with Crippen LogP contribution in [0, 0.1) is 6.92 Å². The van der Waals surface area contributed by atoms with Crippen molar-refractivity contribution in [1.29, 1.82) is 0 Å². The maximum Gasteiger partial charge on any atom is 0.435 e. The molecular formula is C20H14Cl2F3N3O. The highest BCUT2D eigenvalue weighted by molar-refractivity contribution is 6.34. The third-order valence-corrected chi connectivity index (χ3v) is 5.23. The molecule has 4 nitrogen and oxygen atoms in total. The van der Waals surface area contributed by atoms with Crippen LogP contribution in [-0.4, -0.2) is 21.7 Å². The van der Waals surface area contributed by atoms with E-state index in [0.29, 0.717) is 5.56 Å². The van der Waals surface area contributed by atoms with E-state index in [2.05, 4.69) is 10.3 Å². The lowest BCUT2D eigenvalue weighted by Gasteiger charge is -2.29. The van der Waals surface area contributed by atoms with E-state index in [1.165, 1.54) is 18.2 Å². The van der Waals surface area contributed by atoms with Gasteiger partial charge in [-0.3, -0.25) is 0 Å². The Morgan fingerprint density at radius 2 is 1.83 bits per heavy atom. The molecule has 0 N–H and O–H groups in total. The average Bonchev–Trinajstić information content (AvgIpc) is 3.31.